The van der Waals surface area contributed by atoms with Gasteiger partial charge in [-0.3, -0.25) is 4.98 Å². The van der Waals surface area contributed by atoms with E-state index >= 15 is 0 Å². The van der Waals surface area contributed by atoms with Crippen molar-refractivity contribution in [3.8, 4) is 22.5 Å². The van der Waals surface area contributed by atoms with Crippen molar-refractivity contribution in [1.82, 2.24) is 20.3 Å². The quantitative estimate of drug-likeness (QED) is 0.606. The van der Waals surface area contributed by atoms with Gasteiger partial charge in [0.2, 0.25) is 0 Å². The molecule has 0 spiro atoms. The fourth-order valence-corrected chi connectivity index (χ4v) is 3.51. The van der Waals surface area contributed by atoms with Gasteiger partial charge in [0.05, 0.1) is 0 Å². The molecule has 0 saturated carbocycles. The van der Waals surface area contributed by atoms with Crippen LogP contribution < -0.4 is 10.2 Å². The van der Waals surface area contributed by atoms with Gasteiger partial charge in [0, 0.05) is 73.2 Å². The smallest absolute Gasteiger partial charge is 0.161 e. The molecule has 6 heteroatoms. The van der Waals surface area contributed by atoms with Gasteiger partial charge >= 0.3 is 0 Å². The Morgan fingerprint density at radius 2 is 1.70 bits per heavy atom. The van der Waals surface area contributed by atoms with Crippen molar-refractivity contribution in [2.45, 2.75) is 0 Å². The lowest BCUT2D eigenvalue weighted by molar-refractivity contribution is 0.589. The van der Waals surface area contributed by atoms with E-state index < -0.39 is 0 Å². The lowest BCUT2D eigenvalue weighted by Crippen LogP contribution is -2.43. The topological polar surface area (TPSA) is 67.1 Å². The summed E-state index contributed by atoms with van der Waals surface area (Å²) in [4.78, 5) is 15.1. The van der Waals surface area contributed by atoms with Gasteiger partial charge in [-0.25, -0.2) is 9.97 Å². The molecule has 0 bridgehead atoms. The molecule has 134 valence electrons. The molecule has 1 aromatic carbocycles. The minimum Gasteiger partial charge on any atom is -0.454 e. The predicted molar refractivity (Wildman–Crippen MR) is 106 cm³/mol. The fraction of sp³-hybridized carbons (Fsp3) is 0.190. The molecule has 1 saturated heterocycles. The van der Waals surface area contributed by atoms with E-state index in [0.29, 0.717) is 0 Å². The van der Waals surface area contributed by atoms with Gasteiger partial charge in [0.15, 0.2) is 5.58 Å². The zero-order valence-corrected chi connectivity index (χ0v) is 14.8. The van der Waals surface area contributed by atoms with Crippen molar-refractivity contribution in [3.05, 3.63) is 61.3 Å². The standard InChI is InChI=1S/C21H19N5O/c1-3-17(26-9-7-22-8-10-26)4-2-15(1)20-11-19-21(27-20)18(5-6-25-19)16-12-23-14-24-13-16/h1-6,11-14,22H,7-10H2. The second-order valence-electron chi connectivity index (χ2n) is 6.59. The normalized spacial score (nSPS) is 14.6. The van der Waals surface area contributed by atoms with E-state index in [2.05, 4.69) is 49.4 Å². The van der Waals surface area contributed by atoms with Gasteiger partial charge in [-0.05, 0) is 30.3 Å². The molecule has 0 aliphatic carbocycles. The molecule has 3 aromatic heterocycles. The minimum atomic E-state index is 0.758. The van der Waals surface area contributed by atoms with Gasteiger partial charge in [-0.15, -0.1) is 0 Å². The van der Waals surface area contributed by atoms with Crippen molar-refractivity contribution in [1.29, 1.82) is 0 Å². The van der Waals surface area contributed by atoms with E-state index in [0.717, 1.165) is 59.7 Å². The molecule has 0 radical (unpaired) electrons. The Hall–Kier alpha value is -3.25. The Bertz CT molecular complexity index is 1050. The fourth-order valence-electron chi connectivity index (χ4n) is 3.51. The van der Waals surface area contributed by atoms with Crippen LogP contribution in [0, 0.1) is 0 Å². The number of benzene rings is 1. The molecule has 5 rings (SSSR count). The van der Waals surface area contributed by atoms with Crippen LogP contribution in [0.25, 0.3) is 33.6 Å². The second-order valence-corrected chi connectivity index (χ2v) is 6.59. The number of piperazine rings is 1. The average molecular weight is 357 g/mol. The molecule has 1 aliphatic heterocycles. The third kappa shape index (κ3) is 3.04. The monoisotopic (exact) mass is 357 g/mol. The molecule has 0 atom stereocenters. The zero-order valence-electron chi connectivity index (χ0n) is 14.8. The van der Waals surface area contributed by atoms with Crippen LogP contribution in [0.4, 0.5) is 5.69 Å². The highest BCUT2D eigenvalue weighted by atomic mass is 16.3. The van der Waals surface area contributed by atoms with E-state index in [1.165, 1.54) is 12.0 Å². The molecule has 1 fully saturated rings. The number of pyridine rings is 1. The molecule has 27 heavy (non-hydrogen) atoms. The number of nitrogens with one attached hydrogen (secondary N) is 1. The molecule has 0 unspecified atom stereocenters. The molecule has 0 amide bonds. The second kappa shape index (κ2) is 6.81. The summed E-state index contributed by atoms with van der Waals surface area (Å²) < 4.78 is 6.18. The SMILES string of the molecule is c1ncc(-c2ccnc3cc(-c4ccc(N5CCNCC5)cc4)oc23)cn1. The maximum Gasteiger partial charge on any atom is 0.161 e. The van der Waals surface area contributed by atoms with Gasteiger partial charge < -0.3 is 14.6 Å². The van der Waals surface area contributed by atoms with Gasteiger partial charge in [-0.1, -0.05) is 0 Å². The van der Waals surface area contributed by atoms with Crippen LogP contribution >= 0.6 is 0 Å². The first kappa shape index (κ1) is 16.0. The van der Waals surface area contributed by atoms with Gasteiger partial charge in [0.1, 0.15) is 17.6 Å². The largest absolute Gasteiger partial charge is 0.454 e. The highest BCUT2D eigenvalue weighted by molar-refractivity contribution is 5.92. The number of fused-ring (bicyclic) bond motifs is 1. The first-order valence-electron chi connectivity index (χ1n) is 9.08. The summed E-state index contributed by atoms with van der Waals surface area (Å²) in [6.07, 6.45) is 6.88. The highest BCUT2D eigenvalue weighted by Crippen LogP contribution is 2.33. The van der Waals surface area contributed by atoms with E-state index in [1.807, 2.05) is 12.1 Å². The Labute approximate surface area is 156 Å². The summed E-state index contributed by atoms with van der Waals surface area (Å²) >= 11 is 0. The summed E-state index contributed by atoms with van der Waals surface area (Å²) in [5.41, 5.74) is 5.74. The van der Waals surface area contributed by atoms with Crippen molar-refractivity contribution in [3.63, 3.8) is 0 Å². The number of aromatic nitrogens is 3. The zero-order chi connectivity index (χ0) is 18.1. The number of anilines is 1. The molecular formula is C21H19N5O. The Balaban J connectivity index is 1.50. The van der Waals surface area contributed by atoms with Gasteiger partial charge in [0.25, 0.3) is 0 Å². The van der Waals surface area contributed by atoms with E-state index in [-0.39, 0.29) is 0 Å². The van der Waals surface area contributed by atoms with E-state index in [1.54, 1.807) is 18.6 Å². The summed E-state index contributed by atoms with van der Waals surface area (Å²) in [6.45, 7) is 4.14. The van der Waals surface area contributed by atoms with E-state index in [9.17, 15) is 0 Å². The molecule has 4 heterocycles. The summed E-state index contributed by atoms with van der Waals surface area (Å²) in [7, 11) is 0. The minimum absolute atomic E-state index is 0.758. The van der Waals surface area contributed by atoms with Crippen LogP contribution in [0.5, 0.6) is 0 Å². The predicted octanol–water partition coefficient (Wildman–Crippen LogP) is 3.36. The lowest BCUT2D eigenvalue weighted by atomic mass is 10.1. The third-order valence-electron chi connectivity index (χ3n) is 4.92. The Morgan fingerprint density at radius 1 is 0.926 bits per heavy atom. The van der Waals surface area contributed by atoms with Crippen molar-refractivity contribution in [2.75, 3.05) is 31.1 Å². The van der Waals surface area contributed by atoms with Crippen LogP contribution in [0.3, 0.4) is 0 Å². The van der Waals surface area contributed by atoms with Crippen LogP contribution in [0.2, 0.25) is 0 Å². The molecule has 1 aliphatic rings. The summed E-state index contributed by atoms with van der Waals surface area (Å²) in [5, 5.41) is 3.38. The van der Waals surface area contributed by atoms with E-state index in [4.69, 9.17) is 4.42 Å². The number of nitrogens with zero attached hydrogens (tertiary/aromatic N) is 4. The highest BCUT2D eigenvalue weighted by Gasteiger charge is 2.14. The average Bonchev–Trinajstić information content (AvgIpc) is 3.19. The third-order valence-corrected chi connectivity index (χ3v) is 4.92. The van der Waals surface area contributed by atoms with Crippen LogP contribution in [-0.2, 0) is 0 Å². The number of rotatable bonds is 3. The number of hydrogen-bond acceptors (Lipinski definition) is 6. The van der Waals surface area contributed by atoms with Crippen LogP contribution in [0.1, 0.15) is 0 Å². The molecular weight excluding hydrogens is 338 g/mol. The first-order chi connectivity index (χ1) is 13.4. The van der Waals surface area contributed by atoms with Crippen molar-refractivity contribution in [2.24, 2.45) is 0 Å². The Kier molecular flexibility index (Phi) is 4.03. The summed E-state index contributed by atoms with van der Waals surface area (Å²) in [5.74, 6) is 0.814. The Morgan fingerprint density at radius 3 is 2.48 bits per heavy atom. The first-order valence-corrected chi connectivity index (χ1v) is 9.08. The van der Waals surface area contributed by atoms with Crippen molar-refractivity contribution >= 4 is 16.8 Å². The molecule has 1 N–H and O–H groups in total. The maximum absolute atomic E-state index is 6.18. The lowest BCUT2D eigenvalue weighted by Gasteiger charge is -2.29. The number of furan rings is 1. The molecule has 6 nitrogen and oxygen atoms in total. The van der Waals surface area contributed by atoms with Crippen LogP contribution in [0.15, 0.2) is 65.7 Å². The maximum atomic E-state index is 6.18. The van der Waals surface area contributed by atoms with Gasteiger partial charge in [-0.2, -0.15) is 0 Å². The van der Waals surface area contributed by atoms with Crippen LogP contribution in [-0.4, -0.2) is 41.1 Å². The summed E-state index contributed by atoms with van der Waals surface area (Å²) in [6, 6.07) is 12.5. The van der Waals surface area contributed by atoms with Crippen molar-refractivity contribution < 1.29 is 4.42 Å². The number of hydrogen-bond donors (Lipinski definition) is 1. The molecule has 4 aromatic rings.